The molecule has 0 fully saturated rings. The Balaban J connectivity index is 1.14. The maximum Gasteiger partial charge on any atom is 0.114 e. The van der Waals surface area contributed by atoms with Gasteiger partial charge in [-0.3, -0.25) is 4.57 Å². The standard InChI is InChI=1S/C53H36N2/c1-2-14-50-54-48-25-11-12-26-49(48)55(50)37-16-13-15-33(30-37)34-27-28-35-31-44-47(32-36(35)29-34)53(45-23-9-7-19-40(45)41-20-8-10-24-46(41)53)52-43-22-6-4-18-39(43)38-17-3-5-21-42(38)51(44)52/h3-13,15-32H,2,14H2,1H3. The summed E-state index contributed by atoms with van der Waals surface area (Å²) in [4.78, 5) is 5.04. The number of hydrogen-bond donors (Lipinski definition) is 0. The van der Waals surface area contributed by atoms with Crippen LogP contribution in [-0.2, 0) is 11.8 Å². The lowest BCUT2D eigenvalue weighted by Crippen LogP contribution is -2.26. The van der Waals surface area contributed by atoms with E-state index in [-0.39, 0.29) is 0 Å². The van der Waals surface area contributed by atoms with Gasteiger partial charge in [-0.2, -0.15) is 0 Å². The predicted molar refractivity (Wildman–Crippen MR) is 229 cm³/mol. The molecule has 2 heteroatoms. The quantitative estimate of drug-likeness (QED) is 0.167. The van der Waals surface area contributed by atoms with Gasteiger partial charge in [-0.15, -0.1) is 0 Å². The highest BCUT2D eigenvalue weighted by Crippen LogP contribution is 2.65. The second-order valence-corrected chi connectivity index (χ2v) is 15.3. The van der Waals surface area contributed by atoms with Crippen molar-refractivity contribution in [3.8, 4) is 39.1 Å². The Hall–Kier alpha value is -6.77. The van der Waals surface area contributed by atoms with E-state index in [1.807, 2.05) is 0 Å². The molecule has 2 nitrogen and oxygen atoms in total. The Morgan fingerprint density at radius 2 is 1.15 bits per heavy atom. The first-order valence-corrected chi connectivity index (χ1v) is 19.5. The van der Waals surface area contributed by atoms with Crippen molar-refractivity contribution in [2.75, 3.05) is 0 Å². The second kappa shape index (κ2) is 11.4. The third kappa shape index (κ3) is 4.06. The van der Waals surface area contributed by atoms with Crippen molar-refractivity contribution >= 4 is 43.4 Å². The molecule has 0 atom stereocenters. The Labute approximate surface area is 320 Å². The van der Waals surface area contributed by atoms with Crippen LogP contribution in [0.2, 0.25) is 0 Å². The molecule has 0 saturated carbocycles. The van der Waals surface area contributed by atoms with Gasteiger partial charge in [0.1, 0.15) is 5.82 Å². The van der Waals surface area contributed by atoms with Gasteiger partial charge in [0.15, 0.2) is 0 Å². The van der Waals surface area contributed by atoms with E-state index in [2.05, 4.69) is 187 Å². The molecule has 0 N–H and O–H groups in total. The molecule has 12 rings (SSSR count). The first-order valence-electron chi connectivity index (χ1n) is 19.5. The van der Waals surface area contributed by atoms with Crippen LogP contribution in [0, 0.1) is 0 Å². The first-order chi connectivity index (χ1) is 27.2. The largest absolute Gasteiger partial charge is 0.296 e. The van der Waals surface area contributed by atoms with Crippen LogP contribution in [0.5, 0.6) is 0 Å². The molecular weight excluding hydrogens is 665 g/mol. The van der Waals surface area contributed by atoms with Gasteiger partial charge in [0, 0.05) is 12.1 Å². The van der Waals surface area contributed by atoms with E-state index in [1.54, 1.807) is 0 Å². The van der Waals surface area contributed by atoms with Crippen molar-refractivity contribution in [2.24, 2.45) is 0 Å². The zero-order valence-corrected chi connectivity index (χ0v) is 30.6. The number of aryl methyl sites for hydroxylation is 1. The van der Waals surface area contributed by atoms with E-state index in [0.29, 0.717) is 0 Å². The van der Waals surface area contributed by atoms with Crippen LogP contribution in [0.3, 0.4) is 0 Å². The molecule has 258 valence electrons. The summed E-state index contributed by atoms with van der Waals surface area (Å²) >= 11 is 0. The van der Waals surface area contributed by atoms with Crippen molar-refractivity contribution < 1.29 is 0 Å². The first kappa shape index (κ1) is 30.7. The second-order valence-electron chi connectivity index (χ2n) is 15.3. The average Bonchev–Trinajstić information content (AvgIpc) is 3.87. The molecule has 9 aromatic carbocycles. The van der Waals surface area contributed by atoms with E-state index >= 15 is 0 Å². The molecule has 1 heterocycles. The molecule has 2 aliphatic rings. The van der Waals surface area contributed by atoms with Crippen LogP contribution in [0.1, 0.15) is 41.4 Å². The van der Waals surface area contributed by atoms with Crippen LogP contribution in [-0.4, -0.2) is 9.55 Å². The molecule has 1 aromatic heterocycles. The number of imidazole rings is 1. The number of aromatic nitrogens is 2. The zero-order chi connectivity index (χ0) is 36.3. The molecule has 10 aromatic rings. The molecule has 0 unspecified atom stereocenters. The normalized spacial score (nSPS) is 13.5. The van der Waals surface area contributed by atoms with Crippen LogP contribution in [0.15, 0.2) is 176 Å². The van der Waals surface area contributed by atoms with Crippen LogP contribution >= 0.6 is 0 Å². The average molecular weight is 701 g/mol. The summed E-state index contributed by atoms with van der Waals surface area (Å²) in [6.07, 6.45) is 1.98. The summed E-state index contributed by atoms with van der Waals surface area (Å²) in [6, 6.07) is 65.9. The summed E-state index contributed by atoms with van der Waals surface area (Å²) in [7, 11) is 0. The summed E-state index contributed by atoms with van der Waals surface area (Å²) in [5.41, 5.74) is 16.2. The molecule has 1 spiro atoms. The van der Waals surface area contributed by atoms with Gasteiger partial charge in [0.25, 0.3) is 0 Å². The minimum absolute atomic E-state index is 0.455. The smallest absolute Gasteiger partial charge is 0.114 e. The molecule has 0 bridgehead atoms. The molecular formula is C53H36N2. The Kier molecular flexibility index (Phi) is 6.34. The SMILES string of the molecule is CCCc1nc2ccccc2n1-c1cccc(-c2ccc3cc4c(cc3c2)C2(c3ccccc3-c3ccccc32)c2c-4c3ccccc3c3ccccc23)c1. The number of nitrogens with zero attached hydrogens (tertiary/aromatic N) is 2. The molecule has 2 aliphatic carbocycles. The van der Waals surface area contributed by atoms with E-state index in [9.17, 15) is 0 Å². The highest BCUT2D eigenvalue weighted by molar-refractivity contribution is 6.20. The van der Waals surface area contributed by atoms with Gasteiger partial charge in [-0.1, -0.05) is 140 Å². The lowest BCUT2D eigenvalue weighted by molar-refractivity contribution is 0.803. The van der Waals surface area contributed by atoms with Crippen molar-refractivity contribution in [1.82, 2.24) is 9.55 Å². The fraction of sp³-hybridized carbons (Fsp3) is 0.0755. The number of benzene rings is 9. The highest BCUT2D eigenvalue weighted by Gasteiger charge is 2.53. The molecule has 55 heavy (non-hydrogen) atoms. The summed E-state index contributed by atoms with van der Waals surface area (Å²) < 4.78 is 2.35. The van der Waals surface area contributed by atoms with E-state index < -0.39 is 5.41 Å². The number of rotatable bonds is 4. The Morgan fingerprint density at radius 1 is 0.491 bits per heavy atom. The van der Waals surface area contributed by atoms with Crippen molar-refractivity contribution in [2.45, 2.75) is 25.2 Å². The zero-order valence-electron chi connectivity index (χ0n) is 30.6. The van der Waals surface area contributed by atoms with E-state index in [1.165, 1.54) is 88.0 Å². The molecule has 0 amide bonds. The van der Waals surface area contributed by atoms with Gasteiger partial charge < -0.3 is 0 Å². The Morgan fingerprint density at radius 3 is 1.93 bits per heavy atom. The van der Waals surface area contributed by atoms with Crippen LogP contribution in [0.25, 0.3) is 82.4 Å². The maximum absolute atomic E-state index is 5.04. The van der Waals surface area contributed by atoms with Crippen molar-refractivity contribution in [3.63, 3.8) is 0 Å². The lowest BCUT2D eigenvalue weighted by Gasteiger charge is -2.32. The van der Waals surface area contributed by atoms with Gasteiger partial charge >= 0.3 is 0 Å². The van der Waals surface area contributed by atoms with Crippen LogP contribution < -0.4 is 0 Å². The summed E-state index contributed by atoms with van der Waals surface area (Å²) in [6.45, 7) is 2.22. The lowest BCUT2D eigenvalue weighted by atomic mass is 9.69. The van der Waals surface area contributed by atoms with Gasteiger partial charge in [-0.05, 0) is 137 Å². The van der Waals surface area contributed by atoms with E-state index in [4.69, 9.17) is 4.98 Å². The van der Waals surface area contributed by atoms with Gasteiger partial charge in [-0.25, -0.2) is 4.98 Å². The van der Waals surface area contributed by atoms with Gasteiger partial charge in [0.05, 0.1) is 16.4 Å². The number of hydrogen-bond acceptors (Lipinski definition) is 1. The highest BCUT2D eigenvalue weighted by atomic mass is 15.1. The predicted octanol–water partition coefficient (Wildman–Crippen LogP) is 13.4. The fourth-order valence-corrected chi connectivity index (χ4v) is 10.3. The maximum atomic E-state index is 5.04. The van der Waals surface area contributed by atoms with Crippen LogP contribution in [0.4, 0.5) is 0 Å². The Bertz CT molecular complexity index is 3190. The third-order valence-electron chi connectivity index (χ3n) is 12.5. The summed E-state index contributed by atoms with van der Waals surface area (Å²) in [5.74, 6) is 1.11. The molecule has 0 saturated heterocycles. The fourth-order valence-electron chi connectivity index (χ4n) is 10.3. The number of fused-ring (bicyclic) bond motifs is 17. The van der Waals surface area contributed by atoms with E-state index in [0.717, 1.165) is 35.4 Å². The minimum Gasteiger partial charge on any atom is -0.296 e. The minimum atomic E-state index is -0.455. The molecule has 0 aliphatic heterocycles. The topological polar surface area (TPSA) is 17.8 Å². The van der Waals surface area contributed by atoms with Crippen molar-refractivity contribution in [1.29, 1.82) is 0 Å². The van der Waals surface area contributed by atoms with Crippen molar-refractivity contribution in [3.05, 3.63) is 204 Å². The molecule has 0 radical (unpaired) electrons. The third-order valence-corrected chi connectivity index (χ3v) is 12.5. The number of para-hydroxylation sites is 2. The summed E-state index contributed by atoms with van der Waals surface area (Å²) in [5, 5.41) is 7.77. The van der Waals surface area contributed by atoms with Gasteiger partial charge in [0.2, 0.25) is 0 Å². The monoisotopic (exact) mass is 700 g/mol.